The number of hydrogen-bond donors (Lipinski definition) is 3. The molecular formula is C14H14N2O5S. The van der Waals surface area contributed by atoms with E-state index in [1.54, 1.807) is 6.92 Å². The number of aromatic hydroxyl groups is 2. The summed E-state index contributed by atoms with van der Waals surface area (Å²) in [6, 6.07) is 7.94. The van der Waals surface area contributed by atoms with E-state index in [0.717, 1.165) is 0 Å². The predicted molar refractivity (Wildman–Crippen MR) is 79.6 cm³/mol. The van der Waals surface area contributed by atoms with Crippen molar-refractivity contribution < 1.29 is 23.2 Å². The Morgan fingerprint density at radius 1 is 1.00 bits per heavy atom. The van der Waals surface area contributed by atoms with Crippen LogP contribution < -0.4 is 0 Å². The molecule has 8 heteroatoms. The van der Waals surface area contributed by atoms with E-state index in [0.29, 0.717) is 17.7 Å². The standard InChI is InChI=1S/C14H14N2O5S/c1-2-11-13(17)8-7-12(14(11)18)16-15-9-3-5-10(6-4-9)22(19,20)21/h3-8,17-18H,2H2,1H3,(H,19,20,21). The molecule has 0 aliphatic heterocycles. The van der Waals surface area contributed by atoms with Crippen LogP contribution in [0.2, 0.25) is 0 Å². The van der Waals surface area contributed by atoms with Crippen molar-refractivity contribution in [3.05, 3.63) is 42.0 Å². The zero-order valence-corrected chi connectivity index (χ0v) is 12.4. The molecule has 0 unspecified atom stereocenters. The van der Waals surface area contributed by atoms with Gasteiger partial charge in [-0.05, 0) is 42.8 Å². The summed E-state index contributed by atoms with van der Waals surface area (Å²) in [6.45, 7) is 1.78. The van der Waals surface area contributed by atoms with E-state index < -0.39 is 10.1 Å². The number of azo groups is 1. The molecule has 0 aromatic heterocycles. The number of benzene rings is 2. The molecule has 116 valence electrons. The minimum Gasteiger partial charge on any atom is -0.508 e. The molecule has 7 nitrogen and oxygen atoms in total. The van der Waals surface area contributed by atoms with Gasteiger partial charge in [0.05, 0.1) is 10.6 Å². The molecule has 22 heavy (non-hydrogen) atoms. The molecule has 0 spiro atoms. The first kappa shape index (κ1) is 15.9. The maximum atomic E-state index is 10.9. The highest BCUT2D eigenvalue weighted by atomic mass is 32.2. The van der Waals surface area contributed by atoms with E-state index >= 15 is 0 Å². The van der Waals surface area contributed by atoms with E-state index in [2.05, 4.69) is 10.2 Å². The molecule has 2 rings (SSSR count). The lowest BCUT2D eigenvalue weighted by atomic mass is 10.1. The second kappa shape index (κ2) is 6.12. The Labute approximate surface area is 127 Å². The molecule has 0 bridgehead atoms. The molecule has 2 aromatic rings. The van der Waals surface area contributed by atoms with Crippen LogP contribution in [0, 0.1) is 0 Å². The van der Waals surface area contributed by atoms with Gasteiger partial charge in [0.1, 0.15) is 17.2 Å². The van der Waals surface area contributed by atoms with Crippen LogP contribution in [-0.2, 0) is 16.5 Å². The maximum absolute atomic E-state index is 10.9. The average Bonchev–Trinajstić information content (AvgIpc) is 2.46. The minimum atomic E-state index is -4.25. The molecule has 3 N–H and O–H groups in total. The first-order chi connectivity index (χ1) is 10.3. The highest BCUT2D eigenvalue weighted by Crippen LogP contribution is 2.37. The third-order valence-corrected chi connectivity index (χ3v) is 3.87. The largest absolute Gasteiger partial charge is 0.508 e. The lowest BCUT2D eigenvalue weighted by molar-refractivity contribution is 0.440. The van der Waals surface area contributed by atoms with Gasteiger partial charge in [0.2, 0.25) is 0 Å². The van der Waals surface area contributed by atoms with E-state index in [1.165, 1.54) is 36.4 Å². The smallest absolute Gasteiger partial charge is 0.294 e. The number of phenols is 2. The molecule has 0 heterocycles. The van der Waals surface area contributed by atoms with Crippen molar-refractivity contribution in [3.8, 4) is 11.5 Å². The highest BCUT2D eigenvalue weighted by molar-refractivity contribution is 7.85. The fraction of sp³-hybridized carbons (Fsp3) is 0.143. The highest BCUT2D eigenvalue weighted by Gasteiger charge is 2.11. The van der Waals surface area contributed by atoms with E-state index in [1.807, 2.05) is 0 Å². The summed E-state index contributed by atoms with van der Waals surface area (Å²) in [6.07, 6.45) is 0.435. The summed E-state index contributed by atoms with van der Waals surface area (Å²) >= 11 is 0. The lowest BCUT2D eigenvalue weighted by Gasteiger charge is -2.06. The molecule has 0 aliphatic carbocycles. The third kappa shape index (κ3) is 3.41. The van der Waals surface area contributed by atoms with Crippen molar-refractivity contribution >= 4 is 21.5 Å². The molecule has 0 atom stereocenters. The van der Waals surface area contributed by atoms with Crippen LogP contribution in [-0.4, -0.2) is 23.2 Å². The summed E-state index contributed by atoms with van der Waals surface area (Å²) in [4.78, 5) is -0.243. The predicted octanol–water partition coefficient (Wildman–Crippen LogP) is 3.32. The Bertz CT molecular complexity index is 814. The second-order valence-electron chi connectivity index (χ2n) is 4.45. The van der Waals surface area contributed by atoms with Crippen LogP contribution in [0.1, 0.15) is 12.5 Å². The quantitative estimate of drug-likeness (QED) is 0.589. The first-order valence-electron chi connectivity index (χ1n) is 6.36. The van der Waals surface area contributed by atoms with Crippen molar-refractivity contribution in [2.45, 2.75) is 18.2 Å². The monoisotopic (exact) mass is 322 g/mol. The fourth-order valence-electron chi connectivity index (χ4n) is 1.84. The SMILES string of the molecule is CCc1c(O)ccc(N=Nc2ccc(S(=O)(=O)O)cc2)c1O. The van der Waals surface area contributed by atoms with Crippen LogP contribution >= 0.6 is 0 Å². The molecule has 0 saturated heterocycles. The molecule has 0 fully saturated rings. The van der Waals surface area contributed by atoms with Gasteiger partial charge in [-0.25, -0.2) is 0 Å². The normalized spacial score (nSPS) is 11.9. The van der Waals surface area contributed by atoms with Crippen LogP contribution in [0.5, 0.6) is 11.5 Å². The van der Waals surface area contributed by atoms with Crippen molar-refractivity contribution in [1.82, 2.24) is 0 Å². The Balaban J connectivity index is 2.30. The van der Waals surface area contributed by atoms with Crippen molar-refractivity contribution in [3.63, 3.8) is 0 Å². The Morgan fingerprint density at radius 2 is 1.64 bits per heavy atom. The van der Waals surface area contributed by atoms with Gasteiger partial charge in [0.25, 0.3) is 10.1 Å². The zero-order valence-electron chi connectivity index (χ0n) is 11.6. The lowest BCUT2D eigenvalue weighted by Crippen LogP contribution is -1.96. The Morgan fingerprint density at radius 3 is 2.18 bits per heavy atom. The summed E-state index contributed by atoms with van der Waals surface area (Å²) in [5, 5.41) is 27.3. The molecular weight excluding hydrogens is 308 g/mol. The van der Waals surface area contributed by atoms with Crippen LogP contribution in [0.4, 0.5) is 11.4 Å². The number of nitrogens with zero attached hydrogens (tertiary/aromatic N) is 2. The van der Waals surface area contributed by atoms with Crippen LogP contribution in [0.3, 0.4) is 0 Å². The van der Waals surface area contributed by atoms with Gasteiger partial charge in [-0.15, -0.1) is 5.11 Å². The maximum Gasteiger partial charge on any atom is 0.294 e. The van der Waals surface area contributed by atoms with Crippen molar-refractivity contribution in [1.29, 1.82) is 0 Å². The van der Waals surface area contributed by atoms with Crippen LogP contribution in [0.25, 0.3) is 0 Å². The summed E-state index contributed by atoms with van der Waals surface area (Å²) < 4.78 is 30.7. The van der Waals surface area contributed by atoms with Gasteiger partial charge in [0.15, 0.2) is 0 Å². The molecule has 0 amide bonds. The summed E-state index contributed by atoms with van der Waals surface area (Å²) in [5.41, 5.74) is 0.907. The zero-order chi connectivity index (χ0) is 16.3. The van der Waals surface area contributed by atoms with E-state index in [-0.39, 0.29) is 22.1 Å². The molecule has 0 radical (unpaired) electrons. The van der Waals surface area contributed by atoms with Gasteiger partial charge in [-0.1, -0.05) is 6.92 Å². The van der Waals surface area contributed by atoms with Gasteiger partial charge in [0, 0.05) is 5.56 Å². The first-order valence-corrected chi connectivity index (χ1v) is 7.80. The Kier molecular flexibility index (Phi) is 4.43. The molecule has 2 aromatic carbocycles. The van der Waals surface area contributed by atoms with Gasteiger partial charge in [-0.2, -0.15) is 13.5 Å². The molecule has 0 saturated carbocycles. The average molecular weight is 322 g/mol. The van der Waals surface area contributed by atoms with Gasteiger partial charge >= 0.3 is 0 Å². The summed E-state index contributed by atoms with van der Waals surface area (Å²) in [7, 11) is -4.25. The number of hydrogen-bond acceptors (Lipinski definition) is 6. The number of rotatable bonds is 4. The van der Waals surface area contributed by atoms with Crippen LogP contribution in [0.15, 0.2) is 51.5 Å². The molecule has 0 aliphatic rings. The van der Waals surface area contributed by atoms with E-state index in [4.69, 9.17) is 4.55 Å². The Hall–Kier alpha value is -2.45. The van der Waals surface area contributed by atoms with Crippen molar-refractivity contribution in [2.75, 3.05) is 0 Å². The van der Waals surface area contributed by atoms with Gasteiger partial charge in [-0.3, -0.25) is 4.55 Å². The van der Waals surface area contributed by atoms with Gasteiger partial charge < -0.3 is 10.2 Å². The van der Waals surface area contributed by atoms with E-state index in [9.17, 15) is 18.6 Å². The second-order valence-corrected chi connectivity index (χ2v) is 5.88. The minimum absolute atomic E-state index is 0.0172. The summed E-state index contributed by atoms with van der Waals surface area (Å²) in [5.74, 6) is -0.169. The number of phenolic OH excluding ortho intramolecular Hbond substituents is 2. The fourth-order valence-corrected chi connectivity index (χ4v) is 2.32. The third-order valence-electron chi connectivity index (χ3n) is 3.00. The van der Waals surface area contributed by atoms with Crippen molar-refractivity contribution in [2.24, 2.45) is 10.2 Å². The topological polar surface area (TPSA) is 120 Å².